The van der Waals surface area contributed by atoms with Gasteiger partial charge in [-0.15, -0.1) is 0 Å². The number of nitrogens with zero attached hydrogens (tertiary/aromatic N) is 3. The van der Waals surface area contributed by atoms with Crippen LogP contribution in [0.5, 0.6) is 11.5 Å². The van der Waals surface area contributed by atoms with Crippen LogP contribution in [0.4, 0.5) is 20.7 Å². The fourth-order valence-electron chi connectivity index (χ4n) is 3.95. The van der Waals surface area contributed by atoms with Gasteiger partial charge in [0.15, 0.2) is 16.7 Å². The zero-order valence-electron chi connectivity index (χ0n) is 21.1. The van der Waals surface area contributed by atoms with E-state index < -0.39 is 5.82 Å². The molecule has 0 spiro atoms. The number of aromatic nitrogens is 1. The number of aliphatic hydroxyl groups is 1. The number of thiocarbonyl (C=S) groups is 1. The van der Waals surface area contributed by atoms with Gasteiger partial charge in [-0.25, -0.2) is 14.2 Å². The molecule has 12 heteroatoms. The average Bonchev–Trinajstić information content (AvgIpc) is 2.91. The molecule has 39 heavy (non-hydrogen) atoms. The average molecular weight is 553 g/mol. The number of amides is 3. The van der Waals surface area contributed by atoms with Crippen LogP contribution in [-0.2, 0) is 11.2 Å². The normalized spacial score (nSPS) is 13.4. The van der Waals surface area contributed by atoms with Crippen LogP contribution in [-0.4, -0.2) is 76.3 Å². The van der Waals surface area contributed by atoms with Crippen molar-refractivity contribution in [2.45, 2.75) is 6.42 Å². The largest absolute Gasteiger partial charge is 0.454 e. The first-order valence-corrected chi connectivity index (χ1v) is 12.8. The number of nitrogens with one attached hydrogen (secondary N) is 3. The van der Waals surface area contributed by atoms with Crippen molar-refractivity contribution in [3.05, 3.63) is 78.2 Å². The molecule has 1 fully saturated rings. The number of pyridine rings is 1. The van der Waals surface area contributed by atoms with Crippen molar-refractivity contribution in [1.29, 1.82) is 0 Å². The minimum atomic E-state index is -0.651. The zero-order valence-corrected chi connectivity index (χ0v) is 21.9. The van der Waals surface area contributed by atoms with Gasteiger partial charge in [0, 0.05) is 56.7 Å². The number of carbonyl (C=O) groups excluding carboxylic acids is 2. The smallest absolute Gasteiger partial charge is 0.323 e. The van der Waals surface area contributed by atoms with E-state index in [4.69, 9.17) is 22.1 Å². The Labute approximate surface area is 230 Å². The number of anilines is 2. The molecule has 0 unspecified atom stereocenters. The number of ether oxygens (including phenoxy) is 1. The third-order valence-corrected chi connectivity index (χ3v) is 6.12. The van der Waals surface area contributed by atoms with Gasteiger partial charge in [-0.05, 0) is 36.0 Å². The van der Waals surface area contributed by atoms with Crippen molar-refractivity contribution in [2.24, 2.45) is 0 Å². The second-order valence-corrected chi connectivity index (χ2v) is 9.18. The van der Waals surface area contributed by atoms with Gasteiger partial charge in [0.1, 0.15) is 11.6 Å². The van der Waals surface area contributed by atoms with E-state index in [0.717, 1.165) is 5.56 Å². The first-order chi connectivity index (χ1) is 18.9. The van der Waals surface area contributed by atoms with Crippen molar-refractivity contribution in [3.63, 3.8) is 0 Å². The molecular formula is C27H29FN6O4S. The maximum absolute atomic E-state index is 14.8. The summed E-state index contributed by atoms with van der Waals surface area (Å²) in [5.74, 6) is -0.421. The van der Waals surface area contributed by atoms with Crippen LogP contribution in [0.3, 0.4) is 0 Å². The predicted octanol–water partition coefficient (Wildman–Crippen LogP) is 3.21. The molecule has 1 aliphatic rings. The molecule has 1 aromatic heterocycles. The van der Waals surface area contributed by atoms with E-state index in [1.54, 1.807) is 17.0 Å². The lowest BCUT2D eigenvalue weighted by molar-refractivity contribution is -0.119. The van der Waals surface area contributed by atoms with Crippen LogP contribution in [0.15, 0.2) is 66.9 Å². The Morgan fingerprint density at radius 2 is 1.79 bits per heavy atom. The number of rotatable bonds is 8. The summed E-state index contributed by atoms with van der Waals surface area (Å²) in [7, 11) is 0. The molecular weight excluding hydrogens is 523 g/mol. The van der Waals surface area contributed by atoms with E-state index in [0.29, 0.717) is 38.4 Å². The number of aliphatic hydroxyl groups excluding tert-OH is 1. The molecule has 1 aliphatic heterocycles. The Bertz CT molecular complexity index is 1300. The van der Waals surface area contributed by atoms with E-state index in [-0.39, 0.29) is 47.4 Å². The summed E-state index contributed by atoms with van der Waals surface area (Å²) in [6.45, 7) is 3.10. The minimum absolute atomic E-state index is 0.0388. The van der Waals surface area contributed by atoms with Crippen LogP contribution in [0.25, 0.3) is 0 Å². The minimum Gasteiger partial charge on any atom is -0.454 e. The van der Waals surface area contributed by atoms with Crippen molar-refractivity contribution in [2.75, 3.05) is 50.0 Å². The topological polar surface area (TPSA) is 119 Å². The SMILES string of the molecule is O=C(Cc1ccccc1)NC(=S)Nc1ccc(Oc2ccnc(NC(=O)N3CCN(CCO)CC3)c2)c(F)c1. The lowest BCUT2D eigenvalue weighted by atomic mass is 10.1. The number of β-amino-alcohol motifs (C(OH)–C–C–N with tert-alkyl or cyclic N) is 1. The molecule has 10 nitrogen and oxygen atoms in total. The van der Waals surface area contributed by atoms with Gasteiger partial charge < -0.3 is 25.4 Å². The van der Waals surface area contributed by atoms with Crippen LogP contribution >= 0.6 is 12.2 Å². The second kappa shape index (κ2) is 13.6. The molecule has 0 saturated carbocycles. The van der Waals surface area contributed by atoms with Gasteiger partial charge in [-0.2, -0.15) is 0 Å². The first kappa shape index (κ1) is 27.9. The molecule has 1 saturated heterocycles. The molecule has 0 aliphatic carbocycles. The van der Waals surface area contributed by atoms with Gasteiger partial charge in [0.05, 0.1) is 13.0 Å². The summed E-state index contributed by atoms with van der Waals surface area (Å²) < 4.78 is 20.4. The quantitative estimate of drug-likeness (QED) is 0.315. The zero-order chi connectivity index (χ0) is 27.6. The van der Waals surface area contributed by atoms with Crippen LogP contribution in [0.1, 0.15) is 5.56 Å². The van der Waals surface area contributed by atoms with Gasteiger partial charge in [0.2, 0.25) is 5.91 Å². The first-order valence-electron chi connectivity index (χ1n) is 12.4. The lowest BCUT2D eigenvalue weighted by Gasteiger charge is -2.34. The third-order valence-electron chi connectivity index (χ3n) is 5.92. The Morgan fingerprint density at radius 3 is 2.51 bits per heavy atom. The van der Waals surface area contributed by atoms with Gasteiger partial charge in [-0.1, -0.05) is 30.3 Å². The molecule has 2 aromatic carbocycles. The highest BCUT2D eigenvalue weighted by Gasteiger charge is 2.21. The number of urea groups is 1. The van der Waals surface area contributed by atoms with Crippen molar-refractivity contribution in [1.82, 2.24) is 20.1 Å². The van der Waals surface area contributed by atoms with Crippen LogP contribution < -0.4 is 20.7 Å². The second-order valence-electron chi connectivity index (χ2n) is 8.77. The molecule has 204 valence electrons. The molecule has 4 N–H and O–H groups in total. The van der Waals surface area contributed by atoms with E-state index >= 15 is 0 Å². The van der Waals surface area contributed by atoms with Crippen molar-refractivity contribution >= 4 is 40.8 Å². The highest BCUT2D eigenvalue weighted by Crippen LogP contribution is 2.27. The summed E-state index contributed by atoms with van der Waals surface area (Å²) in [6, 6.07) is 16.2. The molecule has 4 rings (SSSR count). The number of halogens is 1. The highest BCUT2D eigenvalue weighted by molar-refractivity contribution is 7.80. The third kappa shape index (κ3) is 8.43. The van der Waals surface area contributed by atoms with Gasteiger partial charge in [0.25, 0.3) is 0 Å². The number of benzene rings is 2. The Morgan fingerprint density at radius 1 is 1.03 bits per heavy atom. The number of hydrogen-bond donors (Lipinski definition) is 4. The Hall–Kier alpha value is -4.13. The molecule has 0 atom stereocenters. The molecule has 3 amide bonds. The Balaban J connectivity index is 1.29. The fraction of sp³-hybridized carbons (Fsp3) is 0.259. The number of piperazine rings is 1. The van der Waals surface area contributed by atoms with Gasteiger partial charge in [-0.3, -0.25) is 15.0 Å². The molecule has 0 bridgehead atoms. The number of hydrogen-bond acceptors (Lipinski definition) is 7. The van der Waals surface area contributed by atoms with E-state index in [9.17, 15) is 14.0 Å². The molecule has 2 heterocycles. The summed E-state index contributed by atoms with van der Waals surface area (Å²) >= 11 is 5.17. The van der Waals surface area contributed by atoms with Gasteiger partial charge >= 0.3 is 6.03 Å². The monoisotopic (exact) mass is 552 g/mol. The summed E-state index contributed by atoms with van der Waals surface area (Å²) in [5, 5.41) is 17.2. The predicted molar refractivity (Wildman–Crippen MR) is 149 cm³/mol. The van der Waals surface area contributed by atoms with E-state index in [1.807, 2.05) is 30.3 Å². The maximum Gasteiger partial charge on any atom is 0.323 e. The lowest BCUT2D eigenvalue weighted by Crippen LogP contribution is -2.50. The molecule has 0 radical (unpaired) electrons. The van der Waals surface area contributed by atoms with Crippen LogP contribution in [0.2, 0.25) is 0 Å². The Kier molecular flexibility index (Phi) is 9.73. The van der Waals surface area contributed by atoms with E-state index in [2.05, 4.69) is 25.8 Å². The number of carbonyl (C=O) groups is 2. The summed E-state index contributed by atoms with van der Waals surface area (Å²) in [5.41, 5.74) is 1.19. The molecule has 3 aromatic rings. The highest BCUT2D eigenvalue weighted by atomic mass is 32.1. The van der Waals surface area contributed by atoms with E-state index in [1.165, 1.54) is 24.4 Å². The van der Waals surface area contributed by atoms with Crippen molar-refractivity contribution < 1.29 is 23.8 Å². The van der Waals surface area contributed by atoms with Crippen LogP contribution in [0, 0.1) is 5.82 Å². The summed E-state index contributed by atoms with van der Waals surface area (Å²) in [6.07, 6.45) is 1.62. The van der Waals surface area contributed by atoms with Crippen molar-refractivity contribution in [3.8, 4) is 11.5 Å². The maximum atomic E-state index is 14.8. The fourth-order valence-corrected chi connectivity index (χ4v) is 4.18. The summed E-state index contributed by atoms with van der Waals surface area (Å²) in [4.78, 5) is 32.7. The standard InChI is InChI=1S/C27H29FN6O4S/c28-22-17-20(30-26(39)32-25(36)16-19-4-2-1-3-5-19)6-7-23(22)38-21-8-9-29-24(18-21)31-27(37)34-12-10-33(11-13-34)14-15-35/h1-9,17-18,35H,10-16H2,(H,29,31,37)(H2,30,32,36,39).